The number of hydrogen-bond acceptors (Lipinski definition) is 2. The molecule has 0 aliphatic carbocycles. The highest BCUT2D eigenvalue weighted by Gasteiger charge is 2.28. The van der Waals surface area contributed by atoms with Gasteiger partial charge in [-0.2, -0.15) is 13.2 Å². The lowest BCUT2D eigenvalue weighted by Crippen LogP contribution is -2.18. The van der Waals surface area contributed by atoms with Gasteiger partial charge in [0, 0.05) is 16.8 Å². The molecular formula is C12H15BrF3NS. The van der Waals surface area contributed by atoms with E-state index in [4.69, 9.17) is 0 Å². The van der Waals surface area contributed by atoms with Gasteiger partial charge in [-0.1, -0.05) is 45.9 Å². The predicted molar refractivity (Wildman–Crippen MR) is 73.9 cm³/mol. The lowest BCUT2D eigenvalue weighted by Gasteiger charge is -2.18. The number of likely N-dealkylation sites (N-methyl/N-ethyl adjacent to an activating group) is 1. The minimum absolute atomic E-state index is 0.0452. The summed E-state index contributed by atoms with van der Waals surface area (Å²) in [5.41, 5.74) is -3.09. The maximum Gasteiger partial charge on any atom is 0.441 e. The molecule has 6 heteroatoms. The van der Waals surface area contributed by atoms with E-state index in [1.54, 1.807) is 7.05 Å². The molecule has 102 valence electrons. The maximum atomic E-state index is 12.1. The van der Waals surface area contributed by atoms with Gasteiger partial charge in [0.2, 0.25) is 0 Å². The SMILES string of the molecule is CNCC(CCSC(F)(F)F)c1ccccc1Br. The van der Waals surface area contributed by atoms with E-state index >= 15 is 0 Å². The first-order valence-corrected chi connectivity index (χ1v) is 7.31. The third-order valence-corrected chi connectivity index (χ3v) is 4.02. The standard InChI is InChI=1S/C12H15BrF3NS/c1-17-8-9(6-7-18-12(14,15)16)10-4-2-3-5-11(10)13/h2-5,9,17H,6-8H2,1H3. The molecule has 0 spiro atoms. The molecule has 1 N–H and O–H groups in total. The largest absolute Gasteiger partial charge is 0.441 e. The molecule has 0 saturated heterocycles. The summed E-state index contributed by atoms with van der Waals surface area (Å²) in [4.78, 5) is 0. The molecule has 0 heterocycles. The van der Waals surface area contributed by atoms with Crippen LogP contribution < -0.4 is 5.32 Å². The number of nitrogens with one attached hydrogen (secondary N) is 1. The molecule has 0 aliphatic heterocycles. The molecule has 1 nitrogen and oxygen atoms in total. The molecule has 0 aromatic heterocycles. The molecule has 1 aromatic rings. The van der Waals surface area contributed by atoms with Crippen molar-refractivity contribution < 1.29 is 13.2 Å². The zero-order valence-corrected chi connectivity index (χ0v) is 12.3. The van der Waals surface area contributed by atoms with Crippen molar-refractivity contribution in [3.05, 3.63) is 34.3 Å². The summed E-state index contributed by atoms with van der Waals surface area (Å²) in [5, 5.41) is 3.03. The van der Waals surface area contributed by atoms with Crippen molar-refractivity contribution >= 4 is 27.7 Å². The van der Waals surface area contributed by atoms with Gasteiger partial charge in [-0.15, -0.1) is 0 Å². The van der Waals surface area contributed by atoms with Crippen LogP contribution in [0.5, 0.6) is 0 Å². The second-order valence-corrected chi connectivity index (χ2v) is 5.87. The number of hydrogen-bond donors (Lipinski definition) is 1. The van der Waals surface area contributed by atoms with Crippen molar-refractivity contribution in [1.29, 1.82) is 0 Å². The number of benzene rings is 1. The smallest absolute Gasteiger partial charge is 0.319 e. The van der Waals surface area contributed by atoms with Gasteiger partial charge in [-0.3, -0.25) is 0 Å². The number of halogens is 4. The maximum absolute atomic E-state index is 12.1. The first kappa shape index (κ1) is 15.9. The monoisotopic (exact) mass is 341 g/mol. The van der Waals surface area contributed by atoms with Crippen molar-refractivity contribution in [3.63, 3.8) is 0 Å². The van der Waals surface area contributed by atoms with Crippen LogP contribution in [0, 0.1) is 0 Å². The Hall–Kier alpha value is -0.200. The van der Waals surface area contributed by atoms with E-state index < -0.39 is 5.51 Å². The fourth-order valence-corrected chi connectivity index (χ4v) is 2.98. The van der Waals surface area contributed by atoms with Crippen LogP contribution in [0.3, 0.4) is 0 Å². The first-order valence-electron chi connectivity index (χ1n) is 5.53. The van der Waals surface area contributed by atoms with Crippen LogP contribution in [-0.4, -0.2) is 24.9 Å². The Kier molecular flexibility index (Phi) is 6.52. The predicted octanol–water partition coefficient (Wildman–Crippen LogP) is 4.40. The zero-order chi connectivity index (χ0) is 13.6. The number of rotatable bonds is 6. The molecule has 0 fully saturated rings. The fraction of sp³-hybridized carbons (Fsp3) is 0.500. The summed E-state index contributed by atoms with van der Waals surface area (Å²) in [6.45, 7) is 0.668. The Morgan fingerprint density at radius 1 is 1.33 bits per heavy atom. The quantitative estimate of drug-likeness (QED) is 0.823. The molecule has 0 bridgehead atoms. The Morgan fingerprint density at radius 3 is 2.56 bits per heavy atom. The molecule has 1 rings (SSSR count). The van der Waals surface area contributed by atoms with Crippen LogP contribution in [0.4, 0.5) is 13.2 Å². The topological polar surface area (TPSA) is 12.0 Å². The molecule has 1 atom stereocenters. The highest BCUT2D eigenvalue weighted by molar-refractivity contribution is 9.10. The van der Waals surface area contributed by atoms with Gasteiger partial charge in [0.1, 0.15) is 0 Å². The molecule has 0 amide bonds. The summed E-state index contributed by atoms with van der Waals surface area (Å²) in [6, 6.07) is 7.66. The minimum atomic E-state index is -4.14. The van der Waals surface area contributed by atoms with Crippen molar-refractivity contribution in [2.45, 2.75) is 17.8 Å². The Balaban J connectivity index is 2.63. The van der Waals surface area contributed by atoms with E-state index in [9.17, 15) is 13.2 Å². The Bertz CT molecular complexity index is 371. The average molecular weight is 342 g/mol. The second kappa shape index (κ2) is 7.40. The summed E-state index contributed by atoms with van der Waals surface area (Å²) >= 11 is 3.49. The number of thioether (sulfide) groups is 1. The molecule has 18 heavy (non-hydrogen) atoms. The van der Waals surface area contributed by atoms with Gasteiger partial charge in [0.05, 0.1) is 0 Å². The second-order valence-electron chi connectivity index (χ2n) is 3.86. The molecule has 0 radical (unpaired) electrons. The zero-order valence-electron chi connectivity index (χ0n) is 9.93. The third kappa shape index (κ3) is 5.63. The number of alkyl halides is 3. The normalized spacial score (nSPS) is 13.6. The van der Waals surface area contributed by atoms with Crippen LogP contribution in [0.15, 0.2) is 28.7 Å². The van der Waals surface area contributed by atoms with Crippen molar-refractivity contribution in [1.82, 2.24) is 5.32 Å². The van der Waals surface area contributed by atoms with Crippen molar-refractivity contribution in [3.8, 4) is 0 Å². The first-order chi connectivity index (χ1) is 8.44. The molecule has 1 aromatic carbocycles. The van der Waals surface area contributed by atoms with Crippen LogP contribution >= 0.6 is 27.7 Å². The fourth-order valence-electron chi connectivity index (χ4n) is 1.74. The summed E-state index contributed by atoms with van der Waals surface area (Å²) in [7, 11) is 1.81. The lowest BCUT2D eigenvalue weighted by atomic mass is 9.96. The van der Waals surface area contributed by atoms with Crippen molar-refractivity contribution in [2.24, 2.45) is 0 Å². The van der Waals surface area contributed by atoms with E-state index in [1.165, 1.54) is 0 Å². The molecule has 0 saturated carbocycles. The summed E-state index contributed by atoms with van der Waals surface area (Å²) in [5.74, 6) is 0.164. The van der Waals surface area contributed by atoms with Crippen LogP contribution in [0.1, 0.15) is 17.9 Å². The average Bonchev–Trinajstić information content (AvgIpc) is 2.27. The third-order valence-electron chi connectivity index (χ3n) is 2.53. The minimum Gasteiger partial charge on any atom is -0.319 e. The van der Waals surface area contributed by atoms with Gasteiger partial charge in [0.25, 0.3) is 0 Å². The van der Waals surface area contributed by atoms with Crippen molar-refractivity contribution in [2.75, 3.05) is 19.3 Å². The molecular weight excluding hydrogens is 327 g/mol. The van der Waals surface area contributed by atoms with E-state index in [0.29, 0.717) is 13.0 Å². The van der Waals surface area contributed by atoms with E-state index in [-0.39, 0.29) is 23.4 Å². The van der Waals surface area contributed by atoms with E-state index in [0.717, 1.165) is 10.0 Å². The highest BCUT2D eigenvalue weighted by Crippen LogP contribution is 2.34. The van der Waals surface area contributed by atoms with Gasteiger partial charge < -0.3 is 5.32 Å². The Morgan fingerprint density at radius 2 is 2.00 bits per heavy atom. The van der Waals surface area contributed by atoms with Gasteiger partial charge in [0.15, 0.2) is 0 Å². The lowest BCUT2D eigenvalue weighted by molar-refractivity contribution is -0.0328. The van der Waals surface area contributed by atoms with Crippen LogP contribution in [0.25, 0.3) is 0 Å². The Labute approximate surface area is 118 Å². The van der Waals surface area contributed by atoms with Crippen LogP contribution in [-0.2, 0) is 0 Å². The van der Waals surface area contributed by atoms with E-state index in [1.807, 2.05) is 24.3 Å². The summed E-state index contributed by atoms with van der Waals surface area (Å²) < 4.78 is 37.3. The van der Waals surface area contributed by atoms with E-state index in [2.05, 4.69) is 21.2 Å². The van der Waals surface area contributed by atoms with Gasteiger partial charge >= 0.3 is 5.51 Å². The van der Waals surface area contributed by atoms with Gasteiger partial charge in [-0.25, -0.2) is 0 Å². The van der Waals surface area contributed by atoms with Gasteiger partial charge in [-0.05, 0) is 31.0 Å². The highest BCUT2D eigenvalue weighted by atomic mass is 79.9. The molecule has 1 unspecified atom stereocenters. The van der Waals surface area contributed by atoms with Crippen LogP contribution in [0.2, 0.25) is 0 Å². The summed E-state index contributed by atoms with van der Waals surface area (Å²) in [6.07, 6.45) is 0.494. The molecule has 0 aliphatic rings.